The topological polar surface area (TPSA) is 42.2 Å². The zero-order valence-corrected chi connectivity index (χ0v) is 7.00. The normalized spacial score (nSPS) is 14.8. The SMILES string of the molecule is Cn1c(O)c2c(cc1=O)CCC2. The molecule has 1 heterocycles. The average molecular weight is 165 g/mol. The third-order valence-corrected chi connectivity index (χ3v) is 2.48. The van der Waals surface area contributed by atoms with E-state index < -0.39 is 0 Å². The van der Waals surface area contributed by atoms with Gasteiger partial charge in [-0.2, -0.15) is 0 Å². The summed E-state index contributed by atoms with van der Waals surface area (Å²) >= 11 is 0. The molecule has 0 atom stereocenters. The van der Waals surface area contributed by atoms with Crippen LogP contribution in [0.5, 0.6) is 5.88 Å². The van der Waals surface area contributed by atoms with Crippen LogP contribution in [-0.4, -0.2) is 9.67 Å². The molecule has 3 nitrogen and oxygen atoms in total. The number of hydrogen-bond donors (Lipinski definition) is 1. The first kappa shape index (κ1) is 7.40. The fourth-order valence-electron chi connectivity index (χ4n) is 1.73. The first-order chi connectivity index (χ1) is 5.70. The van der Waals surface area contributed by atoms with Gasteiger partial charge in [-0.25, -0.2) is 0 Å². The number of hydrogen-bond acceptors (Lipinski definition) is 2. The number of nitrogens with zero attached hydrogens (tertiary/aromatic N) is 1. The zero-order chi connectivity index (χ0) is 8.72. The summed E-state index contributed by atoms with van der Waals surface area (Å²) in [6.45, 7) is 0. The third kappa shape index (κ3) is 0.858. The maximum Gasteiger partial charge on any atom is 0.253 e. The molecule has 0 amide bonds. The molecule has 1 N–H and O–H groups in total. The Morgan fingerprint density at radius 1 is 1.50 bits per heavy atom. The molecule has 2 rings (SSSR count). The average Bonchev–Trinajstić information content (AvgIpc) is 2.48. The Labute approximate surface area is 70.3 Å². The highest BCUT2D eigenvalue weighted by molar-refractivity contribution is 5.37. The molecule has 1 aliphatic rings. The summed E-state index contributed by atoms with van der Waals surface area (Å²) in [6, 6.07) is 1.63. The Balaban J connectivity index is 2.76. The van der Waals surface area contributed by atoms with E-state index in [2.05, 4.69) is 0 Å². The molecule has 0 bridgehead atoms. The molecule has 1 aromatic rings. The molecule has 64 valence electrons. The second-order valence-electron chi connectivity index (χ2n) is 3.22. The Hall–Kier alpha value is -1.25. The number of aromatic hydroxyl groups is 1. The van der Waals surface area contributed by atoms with Crippen molar-refractivity contribution in [3.05, 3.63) is 27.5 Å². The van der Waals surface area contributed by atoms with Gasteiger partial charge in [-0.05, 0) is 24.8 Å². The zero-order valence-electron chi connectivity index (χ0n) is 7.00. The number of aryl methyl sites for hydroxylation is 1. The molecule has 0 aromatic carbocycles. The largest absolute Gasteiger partial charge is 0.494 e. The summed E-state index contributed by atoms with van der Waals surface area (Å²) < 4.78 is 1.30. The van der Waals surface area contributed by atoms with Gasteiger partial charge in [0.2, 0.25) is 0 Å². The van der Waals surface area contributed by atoms with Gasteiger partial charge in [0.15, 0.2) is 5.88 Å². The number of rotatable bonds is 0. The van der Waals surface area contributed by atoms with Crippen molar-refractivity contribution < 1.29 is 5.11 Å². The van der Waals surface area contributed by atoms with Gasteiger partial charge in [-0.3, -0.25) is 9.36 Å². The van der Waals surface area contributed by atoms with Crippen LogP contribution >= 0.6 is 0 Å². The van der Waals surface area contributed by atoms with Gasteiger partial charge >= 0.3 is 0 Å². The molecule has 0 aliphatic heterocycles. The highest BCUT2D eigenvalue weighted by Gasteiger charge is 2.17. The predicted molar refractivity (Wildman–Crippen MR) is 45.4 cm³/mol. The molecule has 0 saturated carbocycles. The van der Waals surface area contributed by atoms with Crippen LogP contribution in [-0.2, 0) is 19.9 Å². The van der Waals surface area contributed by atoms with Crippen molar-refractivity contribution in [1.82, 2.24) is 4.57 Å². The summed E-state index contributed by atoms with van der Waals surface area (Å²) in [4.78, 5) is 11.2. The van der Waals surface area contributed by atoms with Gasteiger partial charge in [-0.1, -0.05) is 0 Å². The van der Waals surface area contributed by atoms with Crippen molar-refractivity contribution >= 4 is 0 Å². The standard InChI is InChI=1S/C9H11NO2/c1-10-8(11)5-6-3-2-4-7(6)9(10)12/h5,12H,2-4H2,1H3. The third-order valence-electron chi connectivity index (χ3n) is 2.48. The predicted octanol–water partition coefficient (Wildman–Crippen LogP) is 0.580. The van der Waals surface area contributed by atoms with Crippen LogP contribution in [0.25, 0.3) is 0 Å². The van der Waals surface area contributed by atoms with E-state index in [0.717, 1.165) is 30.4 Å². The minimum Gasteiger partial charge on any atom is -0.494 e. The van der Waals surface area contributed by atoms with Gasteiger partial charge in [0.1, 0.15) is 0 Å². The molecular formula is C9H11NO2. The van der Waals surface area contributed by atoms with Crippen molar-refractivity contribution in [2.24, 2.45) is 7.05 Å². The fourth-order valence-corrected chi connectivity index (χ4v) is 1.73. The van der Waals surface area contributed by atoms with E-state index in [1.807, 2.05) is 0 Å². The second-order valence-corrected chi connectivity index (χ2v) is 3.22. The second kappa shape index (κ2) is 2.37. The van der Waals surface area contributed by atoms with Crippen LogP contribution in [0.1, 0.15) is 17.5 Å². The molecule has 0 spiro atoms. The number of pyridine rings is 1. The minimum atomic E-state index is -0.117. The van der Waals surface area contributed by atoms with Crippen LogP contribution in [0, 0.1) is 0 Å². The quantitative estimate of drug-likeness (QED) is 0.611. The molecule has 0 saturated heterocycles. The molecule has 0 radical (unpaired) electrons. The van der Waals surface area contributed by atoms with Gasteiger partial charge < -0.3 is 5.11 Å². The maximum atomic E-state index is 11.2. The fraction of sp³-hybridized carbons (Fsp3) is 0.444. The smallest absolute Gasteiger partial charge is 0.253 e. The first-order valence-electron chi connectivity index (χ1n) is 4.11. The maximum absolute atomic E-state index is 11.2. The molecule has 12 heavy (non-hydrogen) atoms. The monoisotopic (exact) mass is 165 g/mol. The van der Waals surface area contributed by atoms with E-state index in [9.17, 15) is 9.90 Å². The van der Waals surface area contributed by atoms with E-state index in [-0.39, 0.29) is 11.4 Å². The lowest BCUT2D eigenvalue weighted by Gasteiger charge is -2.06. The lowest BCUT2D eigenvalue weighted by molar-refractivity contribution is 0.417. The van der Waals surface area contributed by atoms with E-state index >= 15 is 0 Å². The van der Waals surface area contributed by atoms with Crippen LogP contribution in [0.2, 0.25) is 0 Å². The van der Waals surface area contributed by atoms with Gasteiger partial charge in [0.25, 0.3) is 5.56 Å². The highest BCUT2D eigenvalue weighted by atomic mass is 16.3. The van der Waals surface area contributed by atoms with E-state index in [1.165, 1.54) is 4.57 Å². The van der Waals surface area contributed by atoms with Crippen LogP contribution in [0.15, 0.2) is 10.9 Å². The lowest BCUT2D eigenvalue weighted by atomic mass is 10.2. The lowest BCUT2D eigenvalue weighted by Crippen LogP contribution is -2.16. The molecule has 3 heteroatoms. The summed E-state index contributed by atoms with van der Waals surface area (Å²) in [7, 11) is 1.59. The van der Waals surface area contributed by atoms with Gasteiger partial charge in [-0.15, -0.1) is 0 Å². The van der Waals surface area contributed by atoms with E-state index in [4.69, 9.17) is 0 Å². The van der Waals surface area contributed by atoms with Crippen molar-refractivity contribution in [3.8, 4) is 5.88 Å². The van der Waals surface area contributed by atoms with Crippen LogP contribution in [0.3, 0.4) is 0 Å². The van der Waals surface area contributed by atoms with Crippen molar-refractivity contribution in [1.29, 1.82) is 0 Å². The molecular weight excluding hydrogens is 154 g/mol. The minimum absolute atomic E-state index is 0.117. The summed E-state index contributed by atoms with van der Waals surface area (Å²) in [5.74, 6) is 0.148. The van der Waals surface area contributed by atoms with Crippen molar-refractivity contribution in [2.45, 2.75) is 19.3 Å². The summed E-state index contributed by atoms with van der Waals surface area (Å²) in [5, 5.41) is 9.56. The van der Waals surface area contributed by atoms with Crippen molar-refractivity contribution in [3.63, 3.8) is 0 Å². The Morgan fingerprint density at radius 3 is 3.00 bits per heavy atom. The molecule has 0 fully saturated rings. The van der Waals surface area contributed by atoms with Crippen LogP contribution in [0.4, 0.5) is 0 Å². The summed E-state index contributed by atoms with van der Waals surface area (Å²) in [6.07, 6.45) is 2.88. The molecule has 0 unspecified atom stereocenters. The van der Waals surface area contributed by atoms with Crippen molar-refractivity contribution in [2.75, 3.05) is 0 Å². The van der Waals surface area contributed by atoms with Gasteiger partial charge in [0.05, 0.1) is 0 Å². The Morgan fingerprint density at radius 2 is 2.25 bits per heavy atom. The van der Waals surface area contributed by atoms with Gasteiger partial charge in [0, 0.05) is 18.7 Å². The summed E-state index contributed by atoms with van der Waals surface area (Å²) in [5.41, 5.74) is 1.86. The van der Waals surface area contributed by atoms with Crippen LogP contribution < -0.4 is 5.56 Å². The Kier molecular flexibility index (Phi) is 1.46. The Bertz CT molecular complexity index is 379. The first-order valence-corrected chi connectivity index (χ1v) is 4.11. The van der Waals surface area contributed by atoms with E-state index in [1.54, 1.807) is 13.1 Å². The number of fused-ring (bicyclic) bond motifs is 1. The molecule has 1 aromatic heterocycles. The number of aromatic nitrogens is 1. The van der Waals surface area contributed by atoms with E-state index in [0.29, 0.717) is 0 Å². The molecule has 1 aliphatic carbocycles. The highest BCUT2D eigenvalue weighted by Crippen LogP contribution is 2.27.